The van der Waals surface area contributed by atoms with Crippen molar-refractivity contribution in [1.82, 2.24) is 4.90 Å². The molecule has 1 heterocycles. The van der Waals surface area contributed by atoms with Gasteiger partial charge in [-0.15, -0.1) is 0 Å². The van der Waals surface area contributed by atoms with Gasteiger partial charge >= 0.3 is 0 Å². The van der Waals surface area contributed by atoms with Crippen LogP contribution in [0.5, 0.6) is 5.75 Å². The van der Waals surface area contributed by atoms with Gasteiger partial charge in [-0.2, -0.15) is 0 Å². The molecule has 0 bridgehead atoms. The number of rotatable bonds is 6. The summed E-state index contributed by atoms with van der Waals surface area (Å²) in [7, 11) is 0. The number of hydrogen-bond acceptors (Lipinski definition) is 6. The molecule has 1 saturated carbocycles. The molecule has 2 aromatic rings. The highest BCUT2D eigenvalue weighted by atomic mass is 35.5. The molecule has 4 rings (SSSR count). The maximum Gasteiger partial charge on any atom is 0.254 e. The van der Waals surface area contributed by atoms with E-state index in [0.717, 1.165) is 35.7 Å². The third-order valence-corrected chi connectivity index (χ3v) is 6.80. The molecule has 1 fully saturated rings. The number of amides is 1. The second kappa shape index (κ2) is 9.24. The van der Waals surface area contributed by atoms with Gasteiger partial charge in [0.25, 0.3) is 5.91 Å². The lowest BCUT2D eigenvalue weighted by atomic mass is 10.1. The summed E-state index contributed by atoms with van der Waals surface area (Å²) >= 11 is 6.88. The maximum atomic E-state index is 12.7. The van der Waals surface area contributed by atoms with E-state index in [2.05, 4.69) is 0 Å². The number of thioether (sulfide) groups is 1. The summed E-state index contributed by atoms with van der Waals surface area (Å²) in [5.41, 5.74) is 2.53. The van der Waals surface area contributed by atoms with Crippen molar-refractivity contribution in [2.24, 2.45) is 0 Å². The van der Waals surface area contributed by atoms with E-state index in [-0.39, 0.29) is 22.6 Å². The number of benzene rings is 2. The van der Waals surface area contributed by atoms with Gasteiger partial charge in [0, 0.05) is 29.3 Å². The standard InChI is InChI=1S/C23H22ClN3O3S/c24-20-8-5-14(9-16(20)12-28)22(26)31-21(25)13-30-18-6-7-19-15(10-18)11-27(23(19)29)17-3-1-2-4-17/h5-10,12,17,25-26H,1-4,11,13H2. The first kappa shape index (κ1) is 21.6. The second-order valence-electron chi connectivity index (χ2n) is 7.69. The number of fused-ring (bicyclic) bond motifs is 1. The number of hydrogen-bond donors (Lipinski definition) is 2. The summed E-state index contributed by atoms with van der Waals surface area (Å²) in [5, 5.41) is 16.9. The maximum absolute atomic E-state index is 12.7. The summed E-state index contributed by atoms with van der Waals surface area (Å²) in [6.45, 7) is 0.628. The molecule has 2 aromatic carbocycles. The zero-order chi connectivity index (χ0) is 22.0. The molecule has 1 aliphatic carbocycles. The first-order valence-corrected chi connectivity index (χ1v) is 11.3. The van der Waals surface area contributed by atoms with Crippen LogP contribution in [0.1, 0.15) is 57.5 Å². The Balaban J connectivity index is 1.34. The van der Waals surface area contributed by atoms with E-state index in [1.807, 2.05) is 11.0 Å². The Morgan fingerprint density at radius 2 is 1.97 bits per heavy atom. The van der Waals surface area contributed by atoms with Crippen LogP contribution in [0, 0.1) is 10.8 Å². The number of nitrogens with one attached hydrogen (secondary N) is 2. The first-order valence-electron chi connectivity index (χ1n) is 10.1. The molecule has 1 amide bonds. The molecule has 31 heavy (non-hydrogen) atoms. The smallest absolute Gasteiger partial charge is 0.254 e. The van der Waals surface area contributed by atoms with Crippen molar-refractivity contribution in [3.8, 4) is 5.75 Å². The quantitative estimate of drug-likeness (QED) is 0.357. The average Bonchev–Trinajstić information content (AvgIpc) is 3.40. The van der Waals surface area contributed by atoms with Gasteiger partial charge in [-0.3, -0.25) is 20.4 Å². The van der Waals surface area contributed by atoms with Gasteiger partial charge in [0.1, 0.15) is 22.4 Å². The van der Waals surface area contributed by atoms with Crippen LogP contribution in [-0.2, 0) is 6.54 Å². The molecular weight excluding hydrogens is 434 g/mol. The van der Waals surface area contributed by atoms with Crippen molar-refractivity contribution in [3.05, 3.63) is 63.7 Å². The Kier molecular flexibility index (Phi) is 6.43. The zero-order valence-corrected chi connectivity index (χ0v) is 18.4. The van der Waals surface area contributed by atoms with Gasteiger partial charge in [0.15, 0.2) is 6.29 Å². The minimum atomic E-state index is 0.0141. The average molecular weight is 456 g/mol. The first-order chi connectivity index (χ1) is 15.0. The van der Waals surface area contributed by atoms with Crippen molar-refractivity contribution in [2.75, 3.05) is 6.61 Å². The number of ether oxygens (including phenoxy) is 1. The zero-order valence-electron chi connectivity index (χ0n) is 16.8. The highest BCUT2D eigenvalue weighted by Crippen LogP contribution is 2.33. The lowest BCUT2D eigenvalue weighted by Crippen LogP contribution is -2.33. The van der Waals surface area contributed by atoms with Crippen molar-refractivity contribution in [3.63, 3.8) is 0 Å². The normalized spacial score (nSPS) is 15.8. The monoisotopic (exact) mass is 455 g/mol. The molecular formula is C23H22ClN3O3S. The predicted molar refractivity (Wildman–Crippen MR) is 123 cm³/mol. The molecule has 0 unspecified atom stereocenters. The Morgan fingerprint density at radius 1 is 1.19 bits per heavy atom. The lowest BCUT2D eigenvalue weighted by Gasteiger charge is -2.23. The summed E-state index contributed by atoms with van der Waals surface area (Å²) in [6, 6.07) is 10.5. The van der Waals surface area contributed by atoms with Gasteiger partial charge in [-0.1, -0.05) is 42.3 Å². The Bertz CT molecular complexity index is 1070. The van der Waals surface area contributed by atoms with Crippen LogP contribution < -0.4 is 4.74 Å². The van der Waals surface area contributed by atoms with E-state index in [0.29, 0.717) is 40.8 Å². The molecule has 160 valence electrons. The number of nitrogens with zero attached hydrogens (tertiary/aromatic N) is 1. The summed E-state index contributed by atoms with van der Waals surface area (Å²) in [5.74, 6) is 0.703. The van der Waals surface area contributed by atoms with Gasteiger partial charge in [0.05, 0.1) is 5.02 Å². The fraction of sp³-hybridized carbons (Fsp3) is 0.304. The summed E-state index contributed by atoms with van der Waals surface area (Å²) in [6.07, 6.45) is 5.16. The fourth-order valence-corrected chi connectivity index (χ4v) is 4.83. The number of carbonyl (C=O) groups is 2. The van der Waals surface area contributed by atoms with Crippen LogP contribution in [0.4, 0.5) is 0 Å². The molecule has 2 N–H and O–H groups in total. The van der Waals surface area contributed by atoms with Crippen LogP contribution in [0.15, 0.2) is 36.4 Å². The van der Waals surface area contributed by atoms with E-state index < -0.39 is 0 Å². The topological polar surface area (TPSA) is 94.3 Å². The van der Waals surface area contributed by atoms with E-state index >= 15 is 0 Å². The number of aldehydes is 1. The second-order valence-corrected chi connectivity index (χ2v) is 9.20. The molecule has 0 aromatic heterocycles. The predicted octanol–water partition coefficient (Wildman–Crippen LogP) is 5.17. The largest absolute Gasteiger partial charge is 0.487 e. The molecule has 0 atom stereocenters. The van der Waals surface area contributed by atoms with Gasteiger partial charge in [0.2, 0.25) is 0 Å². The van der Waals surface area contributed by atoms with Crippen molar-refractivity contribution in [1.29, 1.82) is 10.8 Å². The van der Waals surface area contributed by atoms with Gasteiger partial charge < -0.3 is 9.64 Å². The molecule has 1 aliphatic heterocycles. The Morgan fingerprint density at radius 3 is 2.71 bits per heavy atom. The van der Waals surface area contributed by atoms with Crippen molar-refractivity contribution in [2.45, 2.75) is 38.3 Å². The lowest BCUT2D eigenvalue weighted by molar-refractivity contribution is 0.0707. The highest BCUT2D eigenvalue weighted by Gasteiger charge is 2.34. The molecule has 0 radical (unpaired) electrons. The van der Waals surface area contributed by atoms with Crippen LogP contribution in [0.25, 0.3) is 0 Å². The van der Waals surface area contributed by atoms with E-state index in [4.69, 9.17) is 27.2 Å². The highest BCUT2D eigenvalue weighted by molar-refractivity contribution is 8.26. The Labute approximate surface area is 189 Å². The fourth-order valence-electron chi connectivity index (χ4n) is 4.06. The Hall–Kier alpha value is -2.64. The molecule has 2 aliphatic rings. The minimum Gasteiger partial charge on any atom is -0.487 e. The van der Waals surface area contributed by atoms with E-state index in [1.54, 1.807) is 24.3 Å². The SMILES string of the molecule is N=C(COc1ccc2c(c1)CN(C1CCCC1)C2=O)SC(=N)c1ccc(Cl)c(C=O)c1. The summed E-state index contributed by atoms with van der Waals surface area (Å²) < 4.78 is 5.74. The third kappa shape index (κ3) is 4.67. The molecule has 0 spiro atoms. The van der Waals surface area contributed by atoms with Crippen LogP contribution >= 0.6 is 23.4 Å². The molecule has 0 saturated heterocycles. The van der Waals surface area contributed by atoms with Crippen molar-refractivity contribution >= 4 is 45.6 Å². The van der Waals surface area contributed by atoms with Crippen molar-refractivity contribution < 1.29 is 14.3 Å². The van der Waals surface area contributed by atoms with Crippen LogP contribution in [0.2, 0.25) is 5.02 Å². The third-order valence-electron chi connectivity index (χ3n) is 5.65. The van der Waals surface area contributed by atoms with Gasteiger partial charge in [-0.25, -0.2) is 0 Å². The van der Waals surface area contributed by atoms with Crippen LogP contribution in [-0.4, -0.2) is 39.8 Å². The molecule has 6 nitrogen and oxygen atoms in total. The number of carbonyl (C=O) groups excluding carboxylic acids is 2. The van der Waals surface area contributed by atoms with Crippen LogP contribution in [0.3, 0.4) is 0 Å². The van der Waals surface area contributed by atoms with E-state index in [9.17, 15) is 9.59 Å². The minimum absolute atomic E-state index is 0.0141. The molecule has 8 heteroatoms. The number of halogens is 1. The van der Waals surface area contributed by atoms with Gasteiger partial charge in [-0.05, 0) is 48.7 Å². The summed E-state index contributed by atoms with van der Waals surface area (Å²) in [4.78, 5) is 25.7. The van der Waals surface area contributed by atoms with E-state index in [1.165, 1.54) is 18.9 Å².